The molecule has 0 radical (unpaired) electrons. The van der Waals surface area contributed by atoms with Crippen molar-refractivity contribution in [2.75, 3.05) is 13.1 Å². The molecule has 1 saturated carbocycles. The second kappa shape index (κ2) is 4.17. The van der Waals surface area contributed by atoms with E-state index in [1.807, 2.05) is 13.8 Å². The second-order valence-corrected chi connectivity index (χ2v) is 5.30. The highest BCUT2D eigenvalue weighted by atomic mass is 16.2. The van der Waals surface area contributed by atoms with Crippen LogP contribution in [-0.4, -0.2) is 41.3 Å². The van der Waals surface area contributed by atoms with Crippen molar-refractivity contribution >= 4 is 11.7 Å². The molecule has 2 fully saturated rings. The molecule has 1 unspecified atom stereocenters. The number of hydrogen-bond acceptors (Lipinski definition) is 3. The Balaban J connectivity index is 2.12. The Morgan fingerprint density at radius 2 is 2.12 bits per heavy atom. The molecule has 1 aliphatic heterocycles. The zero-order valence-electron chi connectivity index (χ0n) is 10.1. The molecule has 0 bridgehead atoms. The lowest BCUT2D eigenvalue weighted by Gasteiger charge is -2.46. The van der Waals surface area contributed by atoms with Crippen molar-refractivity contribution in [3.63, 3.8) is 0 Å². The van der Waals surface area contributed by atoms with Crippen LogP contribution < -0.4 is 5.32 Å². The fourth-order valence-corrected chi connectivity index (χ4v) is 2.82. The number of ketones is 1. The van der Waals surface area contributed by atoms with Gasteiger partial charge in [-0.1, -0.05) is 0 Å². The maximum absolute atomic E-state index is 11.8. The molecule has 1 atom stereocenters. The van der Waals surface area contributed by atoms with E-state index in [9.17, 15) is 9.59 Å². The summed E-state index contributed by atoms with van der Waals surface area (Å²) in [4.78, 5) is 25.5. The SMILES string of the molecule is CC1(C)C(=O)NCCN1C1CCCC(=O)C1. The number of amides is 1. The highest BCUT2D eigenvalue weighted by Crippen LogP contribution is 2.28. The van der Waals surface area contributed by atoms with Gasteiger partial charge in [0, 0.05) is 32.0 Å². The number of Topliss-reactive ketones (excluding diaryl/α,β-unsaturated/α-hetero) is 1. The predicted octanol–water partition coefficient (Wildman–Crippen LogP) is 0.708. The molecular weight excluding hydrogens is 204 g/mol. The van der Waals surface area contributed by atoms with Gasteiger partial charge in [-0.05, 0) is 26.7 Å². The number of piperazine rings is 1. The van der Waals surface area contributed by atoms with Crippen LogP contribution in [0, 0.1) is 0 Å². The van der Waals surface area contributed by atoms with Crippen molar-refractivity contribution in [2.24, 2.45) is 0 Å². The number of nitrogens with zero attached hydrogens (tertiary/aromatic N) is 1. The van der Waals surface area contributed by atoms with Crippen LogP contribution in [0.5, 0.6) is 0 Å². The summed E-state index contributed by atoms with van der Waals surface area (Å²) in [5.41, 5.74) is -0.472. The van der Waals surface area contributed by atoms with Crippen LogP contribution >= 0.6 is 0 Å². The van der Waals surface area contributed by atoms with Crippen LogP contribution in [-0.2, 0) is 9.59 Å². The van der Waals surface area contributed by atoms with E-state index >= 15 is 0 Å². The minimum Gasteiger partial charge on any atom is -0.353 e. The first-order valence-electron chi connectivity index (χ1n) is 6.08. The van der Waals surface area contributed by atoms with Crippen LogP contribution in [0.2, 0.25) is 0 Å². The Morgan fingerprint density at radius 3 is 2.81 bits per heavy atom. The molecule has 1 amide bonds. The second-order valence-electron chi connectivity index (χ2n) is 5.30. The van der Waals surface area contributed by atoms with Gasteiger partial charge in [-0.3, -0.25) is 14.5 Å². The number of carbonyl (C=O) groups excluding carboxylic acids is 2. The van der Waals surface area contributed by atoms with Crippen molar-refractivity contribution in [2.45, 2.75) is 51.1 Å². The van der Waals surface area contributed by atoms with Gasteiger partial charge in [0.2, 0.25) is 5.91 Å². The van der Waals surface area contributed by atoms with Gasteiger partial charge in [0.1, 0.15) is 5.78 Å². The van der Waals surface area contributed by atoms with E-state index in [4.69, 9.17) is 0 Å². The summed E-state index contributed by atoms with van der Waals surface area (Å²) in [6.07, 6.45) is 3.35. The molecule has 16 heavy (non-hydrogen) atoms. The lowest BCUT2D eigenvalue weighted by atomic mass is 9.88. The topological polar surface area (TPSA) is 49.4 Å². The lowest BCUT2D eigenvalue weighted by Crippen LogP contribution is -2.65. The number of nitrogens with one attached hydrogen (secondary N) is 1. The van der Waals surface area contributed by atoms with Gasteiger partial charge < -0.3 is 5.32 Å². The first-order chi connectivity index (χ1) is 7.51. The van der Waals surface area contributed by atoms with Gasteiger partial charge in [-0.25, -0.2) is 0 Å². The van der Waals surface area contributed by atoms with Crippen LogP contribution in [0.15, 0.2) is 0 Å². The predicted molar refractivity (Wildman–Crippen MR) is 61.1 cm³/mol. The lowest BCUT2D eigenvalue weighted by molar-refractivity contribution is -0.139. The van der Waals surface area contributed by atoms with Gasteiger partial charge >= 0.3 is 0 Å². The van der Waals surface area contributed by atoms with E-state index in [2.05, 4.69) is 10.2 Å². The Hall–Kier alpha value is -0.900. The minimum atomic E-state index is -0.472. The molecule has 1 saturated heterocycles. The van der Waals surface area contributed by atoms with Crippen LogP contribution in [0.1, 0.15) is 39.5 Å². The largest absolute Gasteiger partial charge is 0.353 e. The first kappa shape index (κ1) is 11.6. The molecule has 4 nitrogen and oxygen atoms in total. The van der Waals surface area contributed by atoms with Gasteiger partial charge in [0.15, 0.2) is 0 Å². The third-order valence-electron chi connectivity index (χ3n) is 3.81. The standard InChI is InChI=1S/C12H20N2O2/c1-12(2)11(16)13-6-7-14(12)9-4-3-5-10(15)8-9/h9H,3-8H2,1-2H3,(H,13,16). The molecule has 0 spiro atoms. The molecule has 90 valence electrons. The Labute approximate surface area is 96.4 Å². The summed E-state index contributed by atoms with van der Waals surface area (Å²) in [6, 6.07) is 0.266. The molecular formula is C12H20N2O2. The van der Waals surface area contributed by atoms with E-state index in [1.165, 1.54) is 0 Å². The van der Waals surface area contributed by atoms with Gasteiger partial charge in [-0.2, -0.15) is 0 Å². The highest BCUT2D eigenvalue weighted by Gasteiger charge is 2.42. The Bertz CT molecular complexity index is 312. The molecule has 1 N–H and O–H groups in total. The van der Waals surface area contributed by atoms with Crippen LogP contribution in [0.3, 0.4) is 0 Å². The summed E-state index contributed by atoms with van der Waals surface area (Å²) in [5.74, 6) is 0.426. The average Bonchev–Trinajstić information content (AvgIpc) is 2.22. The van der Waals surface area contributed by atoms with Gasteiger partial charge in [-0.15, -0.1) is 0 Å². The summed E-state index contributed by atoms with van der Waals surface area (Å²) in [5, 5.41) is 2.89. The number of carbonyl (C=O) groups is 2. The molecule has 2 rings (SSSR count). The smallest absolute Gasteiger partial charge is 0.240 e. The normalized spacial score (nSPS) is 31.2. The number of rotatable bonds is 1. The third-order valence-corrected chi connectivity index (χ3v) is 3.81. The van der Waals surface area contributed by atoms with E-state index in [0.717, 1.165) is 25.8 Å². The number of hydrogen-bond donors (Lipinski definition) is 1. The van der Waals surface area contributed by atoms with Crippen molar-refractivity contribution in [3.8, 4) is 0 Å². The molecule has 1 aliphatic carbocycles. The van der Waals surface area contributed by atoms with Gasteiger partial charge in [0.25, 0.3) is 0 Å². The van der Waals surface area contributed by atoms with E-state index < -0.39 is 5.54 Å². The van der Waals surface area contributed by atoms with Crippen molar-refractivity contribution in [3.05, 3.63) is 0 Å². The molecule has 0 aromatic carbocycles. The minimum absolute atomic E-state index is 0.0803. The summed E-state index contributed by atoms with van der Waals surface area (Å²) >= 11 is 0. The summed E-state index contributed by atoms with van der Waals surface area (Å²) in [7, 11) is 0. The Morgan fingerprint density at radius 1 is 1.38 bits per heavy atom. The summed E-state index contributed by atoms with van der Waals surface area (Å²) in [6.45, 7) is 5.45. The monoisotopic (exact) mass is 224 g/mol. The van der Waals surface area contributed by atoms with Crippen molar-refractivity contribution in [1.82, 2.24) is 10.2 Å². The van der Waals surface area contributed by atoms with E-state index in [0.29, 0.717) is 18.7 Å². The van der Waals surface area contributed by atoms with Crippen molar-refractivity contribution < 1.29 is 9.59 Å². The maximum Gasteiger partial charge on any atom is 0.240 e. The molecule has 0 aromatic rings. The first-order valence-corrected chi connectivity index (χ1v) is 6.08. The van der Waals surface area contributed by atoms with Crippen LogP contribution in [0.25, 0.3) is 0 Å². The average molecular weight is 224 g/mol. The molecule has 2 aliphatic rings. The summed E-state index contributed by atoms with van der Waals surface area (Å²) < 4.78 is 0. The quantitative estimate of drug-likeness (QED) is 0.713. The van der Waals surface area contributed by atoms with E-state index in [-0.39, 0.29) is 11.9 Å². The zero-order chi connectivity index (χ0) is 11.8. The molecule has 1 heterocycles. The fourth-order valence-electron chi connectivity index (χ4n) is 2.82. The Kier molecular flexibility index (Phi) is 3.02. The molecule has 0 aromatic heterocycles. The maximum atomic E-state index is 11.8. The third kappa shape index (κ3) is 1.98. The zero-order valence-corrected chi connectivity index (χ0v) is 10.1. The van der Waals surface area contributed by atoms with Crippen molar-refractivity contribution in [1.29, 1.82) is 0 Å². The van der Waals surface area contributed by atoms with Gasteiger partial charge in [0.05, 0.1) is 5.54 Å². The fraction of sp³-hybridized carbons (Fsp3) is 0.833. The van der Waals surface area contributed by atoms with E-state index in [1.54, 1.807) is 0 Å². The van der Waals surface area contributed by atoms with Crippen LogP contribution in [0.4, 0.5) is 0 Å². The molecule has 4 heteroatoms. The highest BCUT2D eigenvalue weighted by molar-refractivity contribution is 5.86.